The number of hydrogen-bond acceptors (Lipinski definition) is 3. The number of amides is 2. The van der Waals surface area contributed by atoms with Gasteiger partial charge in [0.2, 0.25) is 0 Å². The van der Waals surface area contributed by atoms with E-state index in [4.69, 9.17) is 4.74 Å². The third-order valence-electron chi connectivity index (χ3n) is 3.63. The fourth-order valence-corrected chi connectivity index (χ4v) is 2.36. The summed E-state index contributed by atoms with van der Waals surface area (Å²) < 4.78 is 19.1. The standard InChI is InChI=1S/C17H15FN2O3/c1-10-3-2-4-14(15(10)18)20-17(22)16(21)19-13-6-5-11-8-23-9-12(11)7-13/h2-7H,8-9H2,1H3,(H,19,21)(H,20,22). The van der Waals surface area contributed by atoms with Gasteiger partial charge in [-0.1, -0.05) is 18.2 Å². The van der Waals surface area contributed by atoms with E-state index in [0.717, 1.165) is 11.1 Å². The van der Waals surface area contributed by atoms with E-state index in [0.29, 0.717) is 24.5 Å². The highest BCUT2D eigenvalue weighted by Crippen LogP contribution is 2.23. The van der Waals surface area contributed by atoms with Gasteiger partial charge in [0.05, 0.1) is 18.9 Å². The van der Waals surface area contributed by atoms with Crippen molar-refractivity contribution >= 4 is 23.2 Å². The van der Waals surface area contributed by atoms with Crippen molar-refractivity contribution in [1.29, 1.82) is 0 Å². The summed E-state index contributed by atoms with van der Waals surface area (Å²) in [7, 11) is 0. The zero-order valence-electron chi connectivity index (χ0n) is 12.5. The molecule has 0 atom stereocenters. The summed E-state index contributed by atoms with van der Waals surface area (Å²) in [6.07, 6.45) is 0. The van der Waals surface area contributed by atoms with E-state index in [1.165, 1.54) is 6.07 Å². The van der Waals surface area contributed by atoms with Gasteiger partial charge in [0.1, 0.15) is 5.82 Å². The molecule has 2 amide bonds. The zero-order valence-corrected chi connectivity index (χ0v) is 12.5. The van der Waals surface area contributed by atoms with E-state index in [-0.39, 0.29) is 5.69 Å². The summed E-state index contributed by atoms with van der Waals surface area (Å²) in [4.78, 5) is 23.8. The SMILES string of the molecule is Cc1cccc(NC(=O)C(=O)Nc2ccc3c(c2)COC3)c1F. The Hall–Kier alpha value is -2.73. The molecule has 0 bridgehead atoms. The van der Waals surface area contributed by atoms with Gasteiger partial charge in [0, 0.05) is 5.69 Å². The summed E-state index contributed by atoms with van der Waals surface area (Å²) in [6.45, 7) is 2.62. The molecule has 3 rings (SSSR count). The first kappa shape index (κ1) is 15.2. The molecule has 6 heteroatoms. The molecule has 0 aliphatic carbocycles. The Bertz CT molecular complexity index is 789. The van der Waals surface area contributed by atoms with Gasteiger partial charge >= 0.3 is 11.8 Å². The molecule has 0 saturated heterocycles. The van der Waals surface area contributed by atoms with Crippen LogP contribution in [-0.4, -0.2) is 11.8 Å². The Morgan fingerprint density at radius 3 is 2.61 bits per heavy atom. The Labute approximate surface area is 132 Å². The lowest BCUT2D eigenvalue weighted by Gasteiger charge is -2.09. The molecule has 1 aliphatic rings. The minimum atomic E-state index is -0.925. The summed E-state index contributed by atoms with van der Waals surface area (Å²) in [5.74, 6) is -2.33. The zero-order chi connectivity index (χ0) is 16.4. The summed E-state index contributed by atoms with van der Waals surface area (Å²) in [5.41, 5.74) is 2.91. The molecular weight excluding hydrogens is 299 g/mol. The molecule has 0 aromatic heterocycles. The second-order valence-electron chi connectivity index (χ2n) is 5.32. The van der Waals surface area contributed by atoms with Crippen molar-refractivity contribution in [2.75, 3.05) is 10.6 Å². The van der Waals surface area contributed by atoms with Crippen molar-refractivity contribution < 1.29 is 18.7 Å². The maximum absolute atomic E-state index is 13.8. The quantitative estimate of drug-likeness (QED) is 0.838. The van der Waals surface area contributed by atoms with Crippen LogP contribution in [0.15, 0.2) is 36.4 Å². The Balaban J connectivity index is 1.68. The monoisotopic (exact) mass is 314 g/mol. The van der Waals surface area contributed by atoms with Crippen molar-refractivity contribution in [3.8, 4) is 0 Å². The lowest BCUT2D eigenvalue weighted by molar-refractivity contribution is -0.133. The van der Waals surface area contributed by atoms with E-state index in [1.54, 1.807) is 31.2 Å². The molecule has 2 N–H and O–H groups in total. The van der Waals surface area contributed by atoms with E-state index in [2.05, 4.69) is 10.6 Å². The van der Waals surface area contributed by atoms with Crippen LogP contribution in [0.5, 0.6) is 0 Å². The van der Waals surface area contributed by atoms with Gasteiger partial charge in [-0.15, -0.1) is 0 Å². The molecule has 0 saturated carbocycles. The predicted octanol–water partition coefficient (Wildman–Crippen LogP) is 2.74. The van der Waals surface area contributed by atoms with Crippen LogP contribution in [0.3, 0.4) is 0 Å². The Morgan fingerprint density at radius 1 is 1.04 bits per heavy atom. The number of rotatable bonds is 2. The topological polar surface area (TPSA) is 67.4 Å². The molecule has 1 heterocycles. The first-order chi connectivity index (χ1) is 11.0. The smallest absolute Gasteiger partial charge is 0.314 e. The highest BCUT2D eigenvalue weighted by Gasteiger charge is 2.18. The molecule has 1 aliphatic heterocycles. The number of carbonyl (C=O) groups excluding carboxylic acids is 2. The molecular formula is C17H15FN2O3. The van der Waals surface area contributed by atoms with Crippen LogP contribution in [0.2, 0.25) is 0 Å². The summed E-state index contributed by atoms with van der Waals surface area (Å²) in [6, 6.07) is 9.90. The van der Waals surface area contributed by atoms with Crippen molar-refractivity contribution in [2.45, 2.75) is 20.1 Å². The van der Waals surface area contributed by atoms with Crippen LogP contribution in [0.25, 0.3) is 0 Å². The van der Waals surface area contributed by atoms with Gasteiger partial charge in [0.15, 0.2) is 0 Å². The van der Waals surface area contributed by atoms with Crippen LogP contribution in [-0.2, 0) is 27.5 Å². The number of carbonyl (C=O) groups is 2. The van der Waals surface area contributed by atoms with Gasteiger partial charge < -0.3 is 15.4 Å². The highest BCUT2D eigenvalue weighted by molar-refractivity contribution is 6.43. The molecule has 0 fully saturated rings. The molecule has 2 aromatic rings. The van der Waals surface area contributed by atoms with Crippen LogP contribution < -0.4 is 10.6 Å². The van der Waals surface area contributed by atoms with Crippen molar-refractivity contribution in [3.05, 3.63) is 58.9 Å². The molecule has 118 valence electrons. The maximum Gasteiger partial charge on any atom is 0.314 e. The number of nitrogens with one attached hydrogen (secondary N) is 2. The van der Waals surface area contributed by atoms with Crippen LogP contribution in [0, 0.1) is 12.7 Å². The molecule has 0 spiro atoms. The number of hydrogen-bond donors (Lipinski definition) is 2. The lowest BCUT2D eigenvalue weighted by atomic mass is 10.1. The van der Waals surface area contributed by atoms with E-state index in [1.807, 2.05) is 6.07 Å². The first-order valence-corrected chi connectivity index (χ1v) is 7.11. The van der Waals surface area contributed by atoms with E-state index >= 15 is 0 Å². The molecule has 2 aromatic carbocycles. The number of halogens is 1. The molecule has 0 radical (unpaired) electrons. The van der Waals surface area contributed by atoms with Crippen LogP contribution in [0.4, 0.5) is 15.8 Å². The van der Waals surface area contributed by atoms with Gasteiger partial charge in [-0.05, 0) is 41.8 Å². The molecule has 0 unspecified atom stereocenters. The van der Waals surface area contributed by atoms with E-state index < -0.39 is 17.6 Å². The number of ether oxygens (including phenoxy) is 1. The van der Waals surface area contributed by atoms with Crippen LogP contribution in [0.1, 0.15) is 16.7 Å². The average molecular weight is 314 g/mol. The summed E-state index contributed by atoms with van der Waals surface area (Å²) >= 11 is 0. The van der Waals surface area contributed by atoms with Gasteiger partial charge in [-0.2, -0.15) is 0 Å². The largest absolute Gasteiger partial charge is 0.372 e. The Kier molecular flexibility index (Phi) is 4.08. The first-order valence-electron chi connectivity index (χ1n) is 7.11. The number of benzene rings is 2. The molecule has 5 nitrogen and oxygen atoms in total. The summed E-state index contributed by atoms with van der Waals surface area (Å²) in [5, 5.41) is 4.77. The molecule has 23 heavy (non-hydrogen) atoms. The third kappa shape index (κ3) is 3.22. The van der Waals surface area contributed by atoms with Crippen LogP contribution >= 0.6 is 0 Å². The lowest BCUT2D eigenvalue weighted by Crippen LogP contribution is -2.29. The van der Waals surface area contributed by atoms with Crippen molar-refractivity contribution in [2.24, 2.45) is 0 Å². The second kappa shape index (κ2) is 6.18. The van der Waals surface area contributed by atoms with Gasteiger partial charge in [0.25, 0.3) is 0 Å². The third-order valence-corrected chi connectivity index (χ3v) is 3.63. The highest BCUT2D eigenvalue weighted by atomic mass is 19.1. The fourth-order valence-electron chi connectivity index (χ4n) is 2.36. The number of aryl methyl sites for hydroxylation is 1. The van der Waals surface area contributed by atoms with Crippen molar-refractivity contribution in [3.63, 3.8) is 0 Å². The predicted molar refractivity (Wildman–Crippen MR) is 83.3 cm³/mol. The van der Waals surface area contributed by atoms with Gasteiger partial charge in [-0.3, -0.25) is 9.59 Å². The van der Waals surface area contributed by atoms with Gasteiger partial charge in [-0.25, -0.2) is 4.39 Å². The maximum atomic E-state index is 13.8. The van der Waals surface area contributed by atoms with E-state index in [9.17, 15) is 14.0 Å². The fraction of sp³-hybridized carbons (Fsp3) is 0.176. The van der Waals surface area contributed by atoms with Crippen molar-refractivity contribution in [1.82, 2.24) is 0 Å². The average Bonchev–Trinajstić information content (AvgIpc) is 2.99. The Morgan fingerprint density at radius 2 is 1.78 bits per heavy atom. The minimum absolute atomic E-state index is 0.0208. The minimum Gasteiger partial charge on any atom is -0.372 e. The number of anilines is 2. The number of fused-ring (bicyclic) bond motifs is 1. The second-order valence-corrected chi connectivity index (χ2v) is 5.32. The normalized spacial score (nSPS) is 12.6.